The number of hydrogen-bond acceptors (Lipinski definition) is 1. The van der Waals surface area contributed by atoms with Crippen LogP contribution in [-0.4, -0.2) is 5.78 Å². The zero-order chi connectivity index (χ0) is 11.6. The van der Waals surface area contributed by atoms with Crippen LogP contribution in [0, 0.1) is 5.41 Å². The standard InChI is InChI=1S/C14H22O/c1-10-7-6-8-14(4,5)13(10)9-11(2)12(3)15/h9H,6-8H2,1-5H3/b11-9+. The van der Waals surface area contributed by atoms with Crippen LogP contribution in [0.1, 0.15) is 53.9 Å². The molecule has 0 unspecified atom stereocenters. The summed E-state index contributed by atoms with van der Waals surface area (Å²) in [6.45, 7) is 10.3. The Balaban J connectivity index is 3.10. The lowest BCUT2D eigenvalue weighted by Crippen LogP contribution is -2.19. The van der Waals surface area contributed by atoms with Crippen LogP contribution in [0.2, 0.25) is 0 Å². The highest BCUT2D eigenvalue weighted by Gasteiger charge is 2.27. The molecular formula is C14H22O. The van der Waals surface area contributed by atoms with Crippen LogP contribution >= 0.6 is 0 Å². The molecule has 15 heavy (non-hydrogen) atoms. The molecule has 1 aliphatic carbocycles. The van der Waals surface area contributed by atoms with Gasteiger partial charge in [-0.3, -0.25) is 4.79 Å². The van der Waals surface area contributed by atoms with Crippen molar-refractivity contribution in [3.05, 3.63) is 22.8 Å². The number of rotatable bonds is 2. The molecule has 0 bridgehead atoms. The third-order valence-electron chi connectivity index (χ3n) is 3.46. The average Bonchev–Trinajstić information content (AvgIpc) is 2.10. The first kappa shape index (κ1) is 12.2. The fourth-order valence-electron chi connectivity index (χ4n) is 2.28. The molecule has 0 heterocycles. The molecule has 1 rings (SSSR count). The fraction of sp³-hybridized carbons (Fsp3) is 0.643. The van der Waals surface area contributed by atoms with Crippen molar-refractivity contribution in [3.63, 3.8) is 0 Å². The molecule has 0 saturated carbocycles. The van der Waals surface area contributed by atoms with E-state index in [-0.39, 0.29) is 11.2 Å². The van der Waals surface area contributed by atoms with E-state index in [9.17, 15) is 4.79 Å². The van der Waals surface area contributed by atoms with Crippen LogP contribution in [0.25, 0.3) is 0 Å². The molecule has 0 N–H and O–H groups in total. The third kappa shape index (κ3) is 2.80. The van der Waals surface area contributed by atoms with E-state index in [1.807, 2.05) is 6.92 Å². The monoisotopic (exact) mass is 206 g/mol. The van der Waals surface area contributed by atoms with Gasteiger partial charge in [-0.05, 0) is 56.6 Å². The van der Waals surface area contributed by atoms with Gasteiger partial charge in [0, 0.05) is 0 Å². The van der Waals surface area contributed by atoms with Crippen molar-refractivity contribution in [1.29, 1.82) is 0 Å². The first-order chi connectivity index (χ1) is 6.84. The van der Waals surface area contributed by atoms with Crippen LogP contribution in [0.3, 0.4) is 0 Å². The normalized spacial score (nSPS) is 21.8. The van der Waals surface area contributed by atoms with Crippen molar-refractivity contribution < 1.29 is 4.79 Å². The number of Topliss-reactive ketones (excluding diaryl/α,β-unsaturated/α-hetero) is 1. The molecule has 0 fully saturated rings. The Morgan fingerprint density at radius 1 is 1.33 bits per heavy atom. The summed E-state index contributed by atoms with van der Waals surface area (Å²) >= 11 is 0. The number of carbonyl (C=O) groups excluding carboxylic acids is 1. The van der Waals surface area contributed by atoms with Crippen molar-refractivity contribution in [1.82, 2.24) is 0 Å². The quantitative estimate of drug-likeness (QED) is 0.623. The van der Waals surface area contributed by atoms with Crippen LogP contribution in [0.15, 0.2) is 22.8 Å². The van der Waals surface area contributed by atoms with E-state index in [0.29, 0.717) is 0 Å². The summed E-state index contributed by atoms with van der Waals surface area (Å²) in [5.41, 5.74) is 3.94. The minimum absolute atomic E-state index is 0.177. The van der Waals surface area contributed by atoms with Crippen molar-refractivity contribution >= 4 is 5.78 Å². The van der Waals surface area contributed by atoms with Gasteiger partial charge in [0.05, 0.1) is 0 Å². The first-order valence-corrected chi connectivity index (χ1v) is 5.74. The highest BCUT2D eigenvalue weighted by atomic mass is 16.1. The Hall–Kier alpha value is -0.850. The van der Waals surface area contributed by atoms with Gasteiger partial charge in [0.2, 0.25) is 0 Å². The van der Waals surface area contributed by atoms with E-state index in [1.54, 1.807) is 6.92 Å². The minimum atomic E-state index is 0.177. The number of carbonyl (C=O) groups is 1. The van der Waals surface area contributed by atoms with Crippen molar-refractivity contribution in [3.8, 4) is 0 Å². The zero-order valence-electron chi connectivity index (χ0n) is 10.6. The average molecular weight is 206 g/mol. The third-order valence-corrected chi connectivity index (χ3v) is 3.46. The Morgan fingerprint density at radius 2 is 1.93 bits per heavy atom. The van der Waals surface area contributed by atoms with Gasteiger partial charge in [-0.15, -0.1) is 0 Å². The summed E-state index contributed by atoms with van der Waals surface area (Å²) < 4.78 is 0. The molecular weight excluding hydrogens is 184 g/mol. The molecule has 1 nitrogen and oxygen atoms in total. The summed E-state index contributed by atoms with van der Waals surface area (Å²) in [7, 11) is 0. The molecule has 0 saturated heterocycles. The molecule has 1 heteroatoms. The Bertz CT molecular complexity index is 329. The van der Waals surface area contributed by atoms with Gasteiger partial charge in [-0.1, -0.05) is 25.5 Å². The van der Waals surface area contributed by atoms with E-state index >= 15 is 0 Å². The number of allylic oxidation sites excluding steroid dienone is 4. The van der Waals surface area contributed by atoms with Crippen molar-refractivity contribution in [2.24, 2.45) is 5.41 Å². The van der Waals surface area contributed by atoms with Gasteiger partial charge < -0.3 is 0 Å². The second kappa shape index (κ2) is 4.34. The molecule has 0 aromatic rings. The molecule has 0 radical (unpaired) electrons. The van der Waals surface area contributed by atoms with Gasteiger partial charge in [0.15, 0.2) is 5.78 Å². The second-order valence-corrected chi connectivity index (χ2v) is 5.31. The van der Waals surface area contributed by atoms with Crippen LogP contribution < -0.4 is 0 Å². The smallest absolute Gasteiger partial charge is 0.155 e. The van der Waals surface area contributed by atoms with E-state index in [0.717, 1.165) is 5.57 Å². The van der Waals surface area contributed by atoms with Crippen LogP contribution in [-0.2, 0) is 4.79 Å². The van der Waals surface area contributed by atoms with E-state index < -0.39 is 0 Å². The molecule has 84 valence electrons. The molecule has 0 atom stereocenters. The summed E-state index contributed by atoms with van der Waals surface area (Å²) in [6, 6.07) is 0. The minimum Gasteiger partial charge on any atom is -0.295 e. The lowest BCUT2D eigenvalue weighted by Gasteiger charge is -2.33. The topological polar surface area (TPSA) is 17.1 Å². The SMILES string of the molecule is CC(=O)/C(C)=C/C1=C(C)CCCC1(C)C. The molecule has 1 aliphatic rings. The first-order valence-electron chi connectivity index (χ1n) is 5.74. The molecule has 0 aliphatic heterocycles. The van der Waals surface area contributed by atoms with Crippen LogP contribution in [0.4, 0.5) is 0 Å². The van der Waals surface area contributed by atoms with E-state index in [1.165, 1.54) is 30.4 Å². The summed E-state index contributed by atoms with van der Waals surface area (Å²) in [5.74, 6) is 0.177. The number of ketones is 1. The van der Waals surface area contributed by atoms with Gasteiger partial charge in [-0.25, -0.2) is 0 Å². The molecule has 0 aromatic heterocycles. The van der Waals surface area contributed by atoms with Crippen molar-refractivity contribution in [2.75, 3.05) is 0 Å². The summed E-state index contributed by atoms with van der Waals surface area (Å²) in [6.07, 6.45) is 5.77. The zero-order valence-corrected chi connectivity index (χ0v) is 10.6. The summed E-state index contributed by atoms with van der Waals surface area (Å²) in [5, 5.41) is 0. The van der Waals surface area contributed by atoms with Gasteiger partial charge in [0.1, 0.15) is 0 Å². The van der Waals surface area contributed by atoms with Gasteiger partial charge >= 0.3 is 0 Å². The van der Waals surface area contributed by atoms with Crippen molar-refractivity contribution in [2.45, 2.75) is 53.9 Å². The molecule has 0 amide bonds. The van der Waals surface area contributed by atoms with E-state index in [4.69, 9.17) is 0 Å². The maximum absolute atomic E-state index is 11.2. The Kier molecular flexibility index (Phi) is 3.54. The predicted molar refractivity (Wildman–Crippen MR) is 64.8 cm³/mol. The predicted octanol–water partition coefficient (Wildman–Crippen LogP) is 4.05. The highest BCUT2D eigenvalue weighted by Crippen LogP contribution is 2.41. The fourth-order valence-corrected chi connectivity index (χ4v) is 2.28. The Labute approximate surface area is 93.3 Å². The van der Waals surface area contributed by atoms with Crippen LogP contribution in [0.5, 0.6) is 0 Å². The van der Waals surface area contributed by atoms with Gasteiger partial charge in [0.25, 0.3) is 0 Å². The lowest BCUT2D eigenvalue weighted by atomic mass is 9.72. The maximum atomic E-state index is 11.2. The number of hydrogen-bond donors (Lipinski definition) is 0. The summed E-state index contributed by atoms with van der Waals surface area (Å²) in [4.78, 5) is 11.2. The molecule has 0 spiro atoms. The lowest BCUT2D eigenvalue weighted by molar-refractivity contribution is -0.113. The maximum Gasteiger partial charge on any atom is 0.155 e. The van der Waals surface area contributed by atoms with Gasteiger partial charge in [-0.2, -0.15) is 0 Å². The van der Waals surface area contributed by atoms with E-state index in [2.05, 4.69) is 26.8 Å². The highest BCUT2D eigenvalue weighted by molar-refractivity contribution is 5.93. The second-order valence-electron chi connectivity index (χ2n) is 5.31. The Morgan fingerprint density at radius 3 is 2.40 bits per heavy atom. The largest absolute Gasteiger partial charge is 0.295 e. The molecule has 0 aromatic carbocycles.